The van der Waals surface area contributed by atoms with Crippen LogP contribution in [0.4, 0.5) is 11.4 Å². The molecule has 1 aliphatic rings. The molecule has 6 nitrogen and oxygen atoms in total. The first-order valence-corrected chi connectivity index (χ1v) is 7.95. The molecular weight excluding hydrogens is 320 g/mol. The number of nitrogens with one attached hydrogen (secondary N) is 1. The number of aliphatic carboxylic acids is 1. The molecule has 0 saturated carbocycles. The van der Waals surface area contributed by atoms with Crippen molar-refractivity contribution in [3.8, 4) is 0 Å². The van der Waals surface area contributed by atoms with E-state index < -0.39 is 12.0 Å². The van der Waals surface area contributed by atoms with Crippen LogP contribution < -0.4 is 10.2 Å². The monoisotopic (exact) mass is 338 g/mol. The summed E-state index contributed by atoms with van der Waals surface area (Å²) in [7, 11) is 0. The summed E-state index contributed by atoms with van der Waals surface area (Å²) in [5.74, 6) is -1.43. The highest BCUT2D eigenvalue weighted by Gasteiger charge is 2.39. The Kier molecular flexibility index (Phi) is 4.52. The van der Waals surface area contributed by atoms with Gasteiger partial charge in [-0.05, 0) is 36.8 Å². The van der Waals surface area contributed by atoms with Crippen LogP contribution in [0.1, 0.15) is 17.5 Å². The van der Waals surface area contributed by atoms with Gasteiger partial charge < -0.3 is 10.4 Å². The topological polar surface area (TPSA) is 86.7 Å². The van der Waals surface area contributed by atoms with E-state index in [0.29, 0.717) is 16.9 Å². The fraction of sp³-hybridized carbons (Fsp3) is 0.211. The van der Waals surface area contributed by atoms with Crippen LogP contribution in [0.15, 0.2) is 48.5 Å². The fourth-order valence-corrected chi connectivity index (χ4v) is 2.80. The number of carboxylic acids is 1. The van der Waals surface area contributed by atoms with E-state index in [1.807, 2.05) is 19.1 Å². The molecule has 2 aromatic carbocycles. The lowest BCUT2D eigenvalue weighted by Gasteiger charge is -2.16. The van der Waals surface area contributed by atoms with Crippen LogP contribution in [0.2, 0.25) is 0 Å². The SMILES string of the molecule is Cc1ccc(N2C(=O)C[C@H](Nc3ccc(CC(=O)O)cc3)C2=O)cc1. The van der Waals surface area contributed by atoms with Gasteiger partial charge in [0.15, 0.2) is 0 Å². The highest BCUT2D eigenvalue weighted by molar-refractivity contribution is 6.23. The molecule has 6 heteroatoms. The maximum Gasteiger partial charge on any atom is 0.307 e. The molecule has 0 radical (unpaired) electrons. The Labute approximate surface area is 145 Å². The van der Waals surface area contributed by atoms with Crippen molar-refractivity contribution in [1.29, 1.82) is 0 Å². The summed E-state index contributed by atoms with van der Waals surface area (Å²) in [5, 5.41) is 11.8. The van der Waals surface area contributed by atoms with Crippen molar-refractivity contribution in [3.05, 3.63) is 59.7 Å². The highest BCUT2D eigenvalue weighted by Crippen LogP contribution is 2.25. The number of carbonyl (C=O) groups excluding carboxylic acids is 2. The van der Waals surface area contributed by atoms with Crippen LogP contribution in [-0.2, 0) is 20.8 Å². The first kappa shape index (κ1) is 16.7. The van der Waals surface area contributed by atoms with Crippen molar-refractivity contribution in [3.63, 3.8) is 0 Å². The molecule has 25 heavy (non-hydrogen) atoms. The van der Waals surface area contributed by atoms with Gasteiger partial charge in [0.1, 0.15) is 6.04 Å². The summed E-state index contributed by atoms with van der Waals surface area (Å²) < 4.78 is 0. The summed E-state index contributed by atoms with van der Waals surface area (Å²) in [6.45, 7) is 1.94. The second-order valence-electron chi connectivity index (χ2n) is 6.07. The van der Waals surface area contributed by atoms with E-state index in [4.69, 9.17) is 5.11 Å². The van der Waals surface area contributed by atoms with E-state index in [9.17, 15) is 14.4 Å². The number of carbonyl (C=O) groups is 3. The molecule has 1 aliphatic heterocycles. The second-order valence-corrected chi connectivity index (χ2v) is 6.07. The molecule has 2 amide bonds. The van der Waals surface area contributed by atoms with Gasteiger partial charge in [-0.15, -0.1) is 0 Å². The van der Waals surface area contributed by atoms with Crippen LogP contribution in [-0.4, -0.2) is 28.9 Å². The van der Waals surface area contributed by atoms with Crippen LogP contribution >= 0.6 is 0 Å². The number of rotatable bonds is 5. The van der Waals surface area contributed by atoms with Gasteiger partial charge in [-0.25, -0.2) is 4.90 Å². The molecule has 1 fully saturated rings. The van der Waals surface area contributed by atoms with Gasteiger partial charge in [0, 0.05) is 5.69 Å². The average molecular weight is 338 g/mol. The molecular formula is C19H18N2O4. The maximum atomic E-state index is 12.6. The number of carboxylic acid groups (broad SMARTS) is 1. The Morgan fingerprint density at radius 1 is 1.12 bits per heavy atom. The quantitative estimate of drug-likeness (QED) is 0.817. The lowest BCUT2D eigenvalue weighted by molar-refractivity contribution is -0.136. The van der Waals surface area contributed by atoms with Crippen molar-refractivity contribution in [1.82, 2.24) is 0 Å². The van der Waals surface area contributed by atoms with Crippen LogP contribution in [0.25, 0.3) is 0 Å². The van der Waals surface area contributed by atoms with Gasteiger partial charge in [-0.2, -0.15) is 0 Å². The van der Waals surface area contributed by atoms with E-state index in [0.717, 1.165) is 5.56 Å². The number of benzene rings is 2. The summed E-state index contributed by atoms with van der Waals surface area (Å²) >= 11 is 0. The molecule has 2 aromatic rings. The van der Waals surface area contributed by atoms with Gasteiger partial charge in [0.2, 0.25) is 5.91 Å². The minimum atomic E-state index is -0.897. The minimum absolute atomic E-state index is 0.0532. The molecule has 0 spiro atoms. The lowest BCUT2D eigenvalue weighted by Crippen LogP contribution is -2.34. The summed E-state index contributed by atoms with van der Waals surface area (Å²) in [5.41, 5.74) is 2.97. The Hall–Kier alpha value is -3.15. The zero-order valence-electron chi connectivity index (χ0n) is 13.7. The number of aryl methyl sites for hydroxylation is 1. The lowest BCUT2D eigenvalue weighted by atomic mass is 10.1. The molecule has 1 saturated heterocycles. The fourth-order valence-electron chi connectivity index (χ4n) is 2.80. The van der Waals surface area contributed by atoms with Gasteiger partial charge in [0.25, 0.3) is 5.91 Å². The molecule has 0 aromatic heterocycles. The van der Waals surface area contributed by atoms with Gasteiger partial charge in [-0.3, -0.25) is 14.4 Å². The van der Waals surface area contributed by atoms with Gasteiger partial charge >= 0.3 is 5.97 Å². The van der Waals surface area contributed by atoms with Crippen molar-refractivity contribution in [2.45, 2.75) is 25.8 Å². The molecule has 2 N–H and O–H groups in total. The van der Waals surface area contributed by atoms with Crippen LogP contribution in [0.3, 0.4) is 0 Å². The standard InChI is InChI=1S/C19H18N2O4/c1-12-2-8-15(9-3-12)21-17(22)11-16(19(21)25)20-14-6-4-13(5-7-14)10-18(23)24/h2-9,16,20H,10-11H2,1H3,(H,23,24)/t16-/m0/s1. The van der Waals surface area contributed by atoms with E-state index in [2.05, 4.69) is 5.32 Å². The van der Waals surface area contributed by atoms with Crippen molar-refractivity contribution in [2.24, 2.45) is 0 Å². The molecule has 1 atom stereocenters. The van der Waals surface area contributed by atoms with E-state index >= 15 is 0 Å². The summed E-state index contributed by atoms with van der Waals surface area (Å²) in [6.07, 6.45) is 0.0336. The molecule has 3 rings (SSSR count). The normalized spacial score (nSPS) is 17.0. The average Bonchev–Trinajstić information content (AvgIpc) is 2.84. The second kappa shape index (κ2) is 6.76. The number of amides is 2. The Morgan fingerprint density at radius 2 is 1.76 bits per heavy atom. The van der Waals surface area contributed by atoms with Crippen LogP contribution in [0.5, 0.6) is 0 Å². The van der Waals surface area contributed by atoms with Crippen molar-refractivity contribution >= 4 is 29.2 Å². The van der Waals surface area contributed by atoms with E-state index in [1.54, 1.807) is 36.4 Å². The maximum absolute atomic E-state index is 12.6. The Morgan fingerprint density at radius 3 is 2.36 bits per heavy atom. The third kappa shape index (κ3) is 3.68. The van der Waals surface area contributed by atoms with Crippen LogP contribution in [0, 0.1) is 6.92 Å². The zero-order chi connectivity index (χ0) is 18.0. The number of hydrogen-bond donors (Lipinski definition) is 2. The minimum Gasteiger partial charge on any atom is -0.481 e. The van der Waals surface area contributed by atoms with Gasteiger partial charge in [0.05, 0.1) is 18.5 Å². The number of anilines is 2. The third-order valence-corrected chi connectivity index (χ3v) is 4.09. The predicted molar refractivity (Wildman–Crippen MR) is 93.5 cm³/mol. The highest BCUT2D eigenvalue weighted by atomic mass is 16.4. The smallest absolute Gasteiger partial charge is 0.307 e. The molecule has 128 valence electrons. The van der Waals surface area contributed by atoms with Gasteiger partial charge in [-0.1, -0.05) is 29.8 Å². The Bertz CT molecular complexity index is 812. The number of nitrogens with zero attached hydrogens (tertiary/aromatic N) is 1. The Balaban J connectivity index is 1.71. The molecule has 0 bridgehead atoms. The molecule has 1 heterocycles. The largest absolute Gasteiger partial charge is 0.481 e. The zero-order valence-corrected chi connectivity index (χ0v) is 13.7. The molecule has 0 aliphatic carbocycles. The first-order chi connectivity index (χ1) is 11.9. The predicted octanol–water partition coefficient (Wildman–Crippen LogP) is 2.37. The summed E-state index contributed by atoms with van der Waals surface area (Å²) in [4.78, 5) is 36.7. The first-order valence-electron chi connectivity index (χ1n) is 7.95. The summed E-state index contributed by atoms with van der Waals surface area (Å²) in [6, 6.07) is 13.4. The van der Waals surface area contributed by atoms with Crippen molar-refractivity contribution in [2.75, 3.05) is 10.2 Å². The van der Waals surface area contributed by atoms with Crippen molar-refractivity contribution < 1.29 is 19.5 Å². The van der Waals surface area contributed by atoms with E-state index in [-0.39, 0.29) is 24.7 Å². The number of imide groups is 1. The molecule has 0 unspecified atom stereocenters. The van der Waals surface area contributed by atoms with E-state index in [1.165, 1.54) is 4.90 Å². The third-order valence-electron chi connectivity index (χ3n) is 4.09. The number of hydrogen-bond acceptors (Lipinski definition) is 4.